The molecule has 0 aromatic heterocycles. The molecule has 1 amide bonds. The van der Waals surface area contributed by atoms with Gasteiger partial charge in [0, 0.05) is 28.4 Å². The van der Waals surface area contributed by atoms with E-state index in [-0.39, 0.29) is 17.5 Å². The molecule has 6 heteroatoms. The molecule has 0 aliphatic carbocycles. The fourth-order valence-electron chi connectivity index (χ4n) is 2.11. The lowest BCUT2D eigenvalue weighted by Crippen LogP contribution is -2.25. The Morgan fingerprint density at radius 1 is 1.25 bits per heavy atom. The summed E-state index contributed by atoms with van der Waals surface area (Å²) in [5, 5.41) is 3.23. The zero-order valence-corrected chi connectivity index (χ0v) is 14.9. The minimum absolute atomic E-state index is 0.112. The number of nitrogens with one attached hydrogen (secondary N) is 1. The van der Waals surface area contributed by atoms with Gasteiger partial charge in [0.2, 0.25) is 5.91 Å². The molecule has 128 valence electrons. The number of rotatable bonds is 8. The second-order valence-corrected chi connectivity index (χ2v) is 6.40. The van der Waals surface area contributed by atoms with Gasteiger partial charge in [-0.25, -0.2) is 4.39 Å². The van der Waals surface area contributed by atoms with Gasteiger partial charge in [0.1, 0.15) is 11.6 Å². The van der Waals surface area contributed by atoms with Gasteiger partial charge in [-0.3, -0.25) is 4.79 Å². The number of hydrogen-bond donors (Lipinski definition) is 1. The number of carbonyl (C=O) groups is 1. The normalized spacial score (nSPS) is 10.5. The van der Waals surface area contributed by atoms with Crippen LogP contribution in [-0.2, 0) is 17.1 Å². The molecule has 2 aromatic rings. The Balaban J connectivity index is 1.80. The van der Waals surface area contributed by atoms with Crippen LogP contribution in [0.1, 0.15) is 18.1 Å². The number of para-hydroxylation sites is 1. The maximum absolute atomic E-state index is 13.6. The van der Waals surface area contributed by atoms with Gasteiger partial charge in [-0.15, -0.1) is 11.8 Å². The quantitative estimate of drug-likeness (QED) is 0.750. The van der Waals surface area contributed by atoms with Gasteiger partial charge < -0.3 is 10.1 Å². The first kappa shape index (κ1) is 18.6. The molecule has 0 saturated carbocycles. The van der Waals surface area contributed by atoms with Crippen LogP contribution in [-0.4, -0.2) is 18.3 Å². The molecule has 1 N–H and O–H groups in total. The van der Waals surface area contributed by atoms with Crippen LogP contribution in [0.2, 0.25) is 5.02 Å². The zero-order valence-electron chi connectivity index (χ0n) is 13.4. The SMILES string of the molecule is CCOc1ccccc1CNC(=O)CSCc1c(F)cccc1Cl. The first-order chi connectivity index (χ1) is 11.6. The Kier molecular flexibility index (Phi) is 7.40. The van der Waals surface area contributed by atoms with Crippen LogP contribution in [0.3, 0.4) is 0 Å². The summed E-state index contributed by atoms with van der Waals surface area (Å²) in [6.07, 6.45) is 0. The van der Waals surface area contributed by atoms with E-state index in [0.717, 1.165) is 11.3 Å². The van der Waals surface area contributed by atoms with Crippen LogP contribution >= 0.6 is 23.4 Å². The zero-order chi connectivity index (χ0) is 17.4. The molecule has 0 bridgehead atoms. The van der Waals surface area contributed by atoms with Crippen molar-refractivity contribution in [3.05, 3.63) is 64.4 Å². The van der Waals surface area contributed by atoms with Crippen LogP contribution in [0, 0.1) is 5.82 Å². The second-order valence-electron chi connectivity index (χ2n) is 5.01. The molecule has 2 rings (SSSR count). The third-order valence-electron chi connectivity index (χ3n) is 3.29. The molecular weight excluding hydrogens is 349 g/mol. The Labute approximate surface area is 150 Å². The molecule has 0 heterocycles. The van der Waals surface area contributed by atoms with Crippen LogP contribution in [0.25, 0.3) is 0 Å². The van der Waals surface area contributed by atoms with Crippen LogP contribution in [0.15, 0.2) is 42.5 Å². The molecule has 0 aliphatic heterocycles. The highest BCUT2D eigenvalue weighted by molar-refractivity contribution is 7.99. The van der Waals surface area contributed by atoms with E-state index in [0.29, 0.717) is 29.5 Å². The number of amides is 1. The third-order valence-corrected chi connectivity index (χ3v) is 4.60. The molecule has 0 saturated heterocycles. The van der Waals surface area contributed by atoms with Crippen molar-refractivity contribution < 1.29 is 13.9 Å². The molecule has 0 atom stereocenters. The maximum Gasteiger partial charge on any atom is 0.230 e. The Hall–Kier alpha value is -1.72. The Morgan fingerprint density at radius 3 is 2.79 bits per heavy atom. The fourth-order valence-corrected chi connectivity index (χ4v) is 3.30. The van der Waals surface area contributed by atoms with E-state index in [1.54, 1.807) is 12.1 Å². The molecule has 0 aliphatic rings. The van der Waals surface area contributed by atoms with Crippen molar-refractivity contribution in [3.63, 3.8) is 0 Å². The Morgan fingerprint density at radius 2 is 2.04 bits per heavy atom. The number of ether oxygens (including phenoxy) is 1. The summed E-state index contributed by atoms with van der Waals surface area (Å²) < 4.78 is 19.2. The van der Waals surface area contributed by atoms with Crippen molar-refractivity contribution in [3.8, 4) is 5.75 Å². The Bertz CT molecular complexity index is 676. The number of halogens is 2. The minimum Gasteiger partial charge on any atom is -0.494 e. The minimum atomic E-state index is -0.346. The van der Waals surface area contributed by atoms with E-state index in [1.165, 1.54) is 17.8 Å². The predicted octanol–water partition coefficient (Wildman–Crippen LogP) is 4.43. The van der Waals surface area contributed by atoms with Crippen molar-refractivity contribution in [2.24, 2.45) is 0 Å². The topological polar surface area (TPSA) is 38.3 Å². The molecule has 0 spiro atoms. The van der Waals surface area contributed by atoms with Crippen molar-refractivity contribution in [1.29, 1.82) is 0 Å². The smallest absolute Gasteiger partial charge is 0.230 e. The van der Waals surface area contributed by atoms with Gasteiger partial charge in [0.15, 0.2) is 0 Å². The lowest BCUT2D eigenvalue weighted by Gasteiger charge is -2.11. The van der Waals surface area contributed by atoms with Gasteiger partial charge in [-0.05, 0) is 25.1 Å². The van der Waals surface area contributed by atoms with E-state index >= 15 is 0 Å². The molecule has 2 aromatic carbocycles. The van der Waals surface area contributed by atoms with Gasteiger partial charge in [0.25, 0.3) is 0 Å². The lowest BCUT2D eigenvalue weighted by molar-refractivity contribution is -0.118. The first-order valence-electron chi connectivity index (χ1n) is 7.59. The van der Waals surface area contributed by atoms with Crippen molar-refractivity contribution in [1.82, 2.24) is 5.32 Å². The highest BCUT2D eigenvalue weighted by atomic mass is 35.5. The number of carbonyl (C=O) groups excluding carboxylic acids is 1. The predicted molar refractivity (Wildman–Crippen MR) is 97.0 cm³/mol. The van der Waals surface area contributed by atoms with E-state index < -0.39 is 0 Å². The summed E-state index contributed by atoms with van der Waals surface area (Å²) >= 11 is 7.29. The van der Waals surface area contributed by atoms with Gasteiger partial charge in [0.05, 0.1) is 12.4 Å². The average Bonchev–Trinajstić information content (AvgIpc) is 2.57. The highest BCUT2D eigenvalue weighted by Crippen LogP contribution is 2.24. The van der Waals surface area contributed by atoms with Crippen LogP contribution < -0.4 is 10.1 Å². The second kappa shape index (κ2) is 9.55. The first-order valence-corrected chi connectivity index (χ1v) is 9.13. The number of hydrogen-bond acceptors (Lipinski definition) is 3. The van der Waals surface area contributed by atoms with Crippen LogP contribution in [0.5, 0.6) is 5.75 Å². The average molecular weight is 368 g/mol. The molecule has 0 fully saturated rings. The van der Waals surface area contributed by atoms with Gasteiger partial charge >= 0.3 is 0 Å². The molecule has 0 unspecified atom stereocenters. The monoisotopic (exact) mass is 367 g/mol. The fraction of sp³-hybridized carbons (Fsp3) is 0.278. The molecular formula is C18H19ClFNO2S. The number of thioether (sulfide) groups is 1. The summed E-state index contributed by atoms with van der Waals surface area (Å²) in [6.45, 7) is 2.89. The molecule has 0 radical (unpaired) electrons. The van der Waals surface area contributed by atoms with Gasteiger partial charge in [-0.2, -0.15) is 0 Å². The summed E-state index contributed by atoms with van der Waals surface area (Å²) in [6, 6.07) is 12.2. The van der Waals surface area contributed by atoms with E-state index in [9.17, 15) is 9.18 Å². The lowest BCUT2D eigenvalue weighted by atomic mass is 10.2. The molecule has 3 nitrogen and oxygen atoms in total. The summed E-state index contributed by atoms with van der Waals surface area (Å²) in [5.74, 6) is 0.904. The summed E-state index contributed by atoms with van der Waals surface area (Å²) in [5.41, 5.74) is 1.36. The van der Waals surface area contributed by atoms with Crippen molar-refractivity contribution >= 4 is 29.3 Å². The summed E-state index contributed by atoms with van der Waals surface area (Å²) in [7, 11) is 0. The maximum atomic E-state index is 13.6. The molecule has 24 heavy (non-hydrogen) atoms. The van der Waals surface area contributed by atoms with Crippen LogP contribution in [0.4, 0.5) is 4.39 Å². The van der Waals surface area contributed by atoms with E-state index in [4.69, 9.17) is 16.3 Å². The standard InChI is InChI=1S/C18H19ClFNO2S/c1-2-23-17-9-4-3-6-13(17)10-21-18(22)12-24-11-14-15(19)7-5-8-16(14)20/h3-9H,2,10-12H2,1H3,(H,21,22). The van der Waals surface area contributed by atoms with E-state index in [2.05, 4.69) is 5.32 Å². The third kappa shape index (κ3) is 5.42. The summed E-state index contributed by atoms with van der Waals surface area (Å²) in [4.78, 5) is 11.9. The highest BCUT2D eigenvalue weighted by Gasteiger charge is 2.09. The largest absolute Gasteiger partial charge is 0.494 e. The van der Waals surface area contributed by atoms with Gasteiger partial charge in [-0.1, -0.05) is 35.9 Å². The van der Waals surface area contributed by atoms with E-state index in [1.807, 2.05) is 31.2 Å². The number of benzene rings is 2. The van der Waals surface area contributed by atoms with Crippen molar-refractivity contribution in [2.75, 3.05) is 12.4 Å². The van der Waals surface area contributed by atoms with Crippen molar-refractivity contribution in [2.45, 2.75) is 19.2 Å².